The quantitative estimate of drug-likeness (QED) is 0.558. The minimum absolute atomic E-state index is 0.0737. The van der Waals surface area contributed by atoms with Crippen molar-refractivity contribution in [1.82, 2.24) is 10.2 Å². The highest BCUT2D eigenvalue weighted by Crippen LogP contribution is 2.33. The predicted octanol–water partition coefficient (Wildman–Crippen LogP) is 3.08. The maximum absolute atomic E-state index is 13.2. The van der Waals surface area contributed by atoms with Crippen molar-refractivity contribution in [2.45, 2.75) is 32.2 Å². The van der Waals surface area contributed by atoms with Crippen molar-refractivity contribution in [3.05, 3.63) is 65.7 Å². The van der Waals surface area contributed by atoms with Gasteiger partial charge in [0.15, 0.2) is 5.78 Å². The smallest absolute Gasteiger partial charge is 0.325 e. The molecule has 0 aliphatic carbocycles. The van der Waals surface area contributed by atoms with Gasteiger partial charge in [0.1, 0.15) is 12.1 Å². The lowest BCUT2D eigenvalue weighted by molar-refractivity contribution is -0.134. The zero-order chi connectivity index (χ0) is 21.0. The van der Waals surface area contributed by atoms with Crippen LogP contribution in [0.2, 0.25) is 0 Å². The third-order valence-electron chi connectivity index (χ3n) is 4.94. The molecule has 7 nitrogen and oxygen atoms in total. The lowest BCUT2D eigenvalue weighted by Gasteiger charge is -2.26. The number of urea groups is 1. The first kappa shape index (κ1) is 20.3. The molecule has 0 spiro atoms. The minimum atomic E-state index is -1.16. The van der Waals surface area contributed by atoms with Crippen molar-refractivity contribution >= 4 is 29.3 Å². The Kier molecular flexibility index (Phi) is 5.77. The first-order valence-electron chi connectivity index (χ1n) is 9.48. The fourth-order valence-corrected chi connectivity index (χ4v) is 3.51. The first-order valence-corrected chi connectivity index (χ1v) is 9.48. The van der Waals surface area contributed by atoms with Crippen LogP contribution < -0.4 is 10.6 Å². The molecule has 2 aromatic rings. The predicted molar refractivity (Wildman–Crippen MR) is 108 cm³/mol. The van der Waals surface area contributed by atoms with Gasteiger partial charge in [-0.05, 0) is 43.2 Å². The van der Waals surface area contributed by atoms with Crippen LogP contribution in [0.4, 0.5) is 10.5 Å². The number of amides is 4. The van der Waals surface area contributed by atoms with Crippen LogP contribution in [0.25, 0.3) is 0 Å². The van der Waals surface area contributed by atoms with E-state index >= 15 is 0 Å². The Morgan fingerprint density at radius 2 is 1.69 bits per heavy atom. The largest absolute Gasteiger partial charge is 0.325 e. The number of hydrogen-bond acceptors (Lipinski definition) is 4. The van der Waals surface area contributed by atoms with Gasteiger partial charge < -0.3 is 10.6 Å². The van der Waals surface area contributed by atoms with Gasteiger partial charge in [-0.15, -0.1) is 0 Å². The summed E-state index contributed by atoms with van der Waals surface area (Å²) in [5, 5.41) is 5.44. The molecular formula is C22H23N3O4. The van der Waals surface area contributed by atoms with E-state index in [0.717, 1.165) is 4.90 Å². The summed E-state index contributed by atoms with van der Waals surface area (Å²) in [6.07, 6.45) is 1.12. The summed E-state index contributed by atoms with van der Waals surface area (Å²) in [5.41, 5.74) is 0.554. The number of hydrogen-bond donors (Lipinski definition) is 2. The summed E-state index contributed by atoms with van der Waals surface area (Å²) in [6, 6.07) is 14.9. The van der Waals surface area contributed by atoms with Gasteiger partial charge in [0.25, 0.3) is 5.91 Å². The van der Waals surface area contributed by atoms with E-state index in [4.69, 9.17) is 0 Å². The van der Waals surface area contributed by atoms with E-state index in [-0.39, 0.29) is 5.78 Å². The molecule has 1 atom stereocenters. The number of ketones is 1. The summed E-state index contributed by atoms with van der Waals surface area (Å²) in [7, 11) is 0. The molecule has 1 aliphatic rings. The molecule has 7 heteroatoms. The second kappa shape index (κ2) is 8.26. The molecule has 1 heterocycles. The average Bonchev–Trinajstić information content (AvgIpc) is 2.94. The van der Waals surface area contributed by atoms with Gasteiger partial charge in [0, 0.05) is 11.3 Å². The lowest BCUT2D eigenvalue weighted by Crippen LogP contribution is -2.44. The Morgan fingerprint density at radius 1 is 1.03 bits per heavy atom. The maximum atomic E-state index is 13.2. The van der Waals surface area contributed by atoms with Crippen molar-refractivity contribution in [3.8, 4) is 0 Å². The van der Waals surface area contributed by atoms with Crippen LogP contribution >= 0.6 is 0 Å². The van der Waals surface area contributed by atoms with Gasteiger partial charge in [-0.1, -0.05) is 43.7 Å². The van der Waals surface area contributed by atoms with Gasteiger partial charge in [0.2, 0.25) is 5.91 Å². The molecule has 29 heavy (non-hydrogen) atoms. The number of carbonyl (C=O) groups is 4. The summed E-state index contributed by atoms with van der Waals surface area (Å²) >= 11 is 0. The molecule has 4 amide bonds. The summed E-state index contributed by atoms with van der Waals surface area (Å²) < 4.78 is 0. The molecule has 0 radical (unpaired) electrons. The second-order valence-corrected chi connectivity index (χ2v) is 7.02. The summed E-state index contributed by atoms with van der Waals surface area (Å²) in [6.45, 7) is 3.00. The van der Waals surface area contributed by atoms with Crippen molar-refractivity contribution < 1.29 is 19.2 Å². The van der Waals surface area contributed by atoms with Gasteiger partial charge >= 0.3 is 6.03 Å². The highest BCUT2D eigenvalue weighted by molar-refractivity contribution is 6.10. The van der Waals surface area contributed by atoms with Crippen LogP contribution in [-0.4, -0.2) is 35.1 Å². The highest BCUT2D eigenvalue weighted by atomic mass is 16.2. The monoisotopic (exact) mass is 393 g/mol. The molecule has 3 rings (SSSR count). The molecule has 2 aromatic carbocycles. The lowest BCUT2D eigenvalue weighted by atomic mass is 9.85. The number of anilines is 1. The van der Waals surface area contributed by atoms with Crippen molar-refractivity contribution in [2.24, 2.45) is 0 Å². The zero-order valence-electron chi connectivity index (χ0n) is 16.4. The van der Waals surface area contributed by atoms with Gasteiger partial charge in [-0.2, -0.15) is 0 Å². The zero-order valence-corrected chi connectivity index (χ0v) is 16.4. The van der Waals surface area contributed by atoms with Crippen LogP contribution in [0.5, 0.6) is 0 Å². The van der Waals surface area contributed by atoms with Crippen LogP contribution in [0, 0.1) is 0 Å². The fourth-order valence-electron chi connectivity index (χ4n) is 3.51. The van der Waals surface area contributed by atoms with E-state index in [2.05, 4.69) is 10.6 Å². The molecule has 1 aliphatic heterocycles. The van der Waals surface area contributed by atoms with Crippen LogP contribution in [0.1, 0.15) is 42.6 Å². The first-order chi connectivity index (χ1) is 13.9. The summed E-state index contributed by atoms with van der Waals surface area (Å²) in [5.74, 6) is -1.00. The van der Waals surface area contributed by atoms with Crippen LogP contribution in [0.3, 0.4) is 0 Å². The van der Waals surface area contributed by atoms with E-state index in [1.165, 1.54) is 6.92 Å². The molecular weight excluding hydrogens is 370 g/mol. The van der Waals surface area contributed by atoms with Crippen LogP contribution in [0.15, 0.2) is 54.6 Å². The van der Waals surface area contributed by atoms with Crippen molar-refractivity contribution in [2.75, 3.05) is 11.9 Å². The Hall–Kier alpha value is -3.48. The molecule has 1 saturated heterocycles. The fraction of sp³-hybridized carbons (Fsp3) is 0.273. The normalized spacial score (nSPS) is 18.5. The number of Topliss-reactive ketones (excluding diaryl/α,β-unsaturated/α-hetero) is 1. The SMILES string of the molecule is CCC[C@]1(c2ccccc2)NC(=O)N(CC(=O)Nc2ccc(C(C)=O)cc2)C1=O. The Morgan fingerprint density at radius 3 is 2.28 bits per heavy atom. The van der Waals surface area contributed by atoms with Gasteiger partial charge in [-0.3, -0.25) is 19.3 Å². The third kappa shape index (κ3) is 4.03. The van der Waals surface area contributed by atoms with Crippen molar-refractivity contribution in [1.29, 1.82) is 0 Å². The molecule has 0 aromatic heterocycles. The maximum Gasteiger partial charge on any atom is 0.325 e. The van der Waals surface area contributed by atoms with Crippen molar-refractivity contribution in [3.63, 3.8) is 0 Å². The van der Waals surface area contributed by atoms with E-state index in [0.29, 0.717) is 29.7 Å². The van der Waals surface area contributed by atoms with E-state index in [1.807, 2.05) is 25.1 Å². The molecule has 0 bridgehead atoms. The van der Waals surface area contributed by atoms with Crippen LogP contribution in [-0.2, 0) is 15.1 Å². The molecule has 0 unspecified atom stereocenters. The number of carbonyl (C=O) groups excluding carboxylic acids is 4. The van der Waals surface area contributed by atoms with E-state index < -0.39 is 29.9 Å². The summed E-state index contributed by atoms with van der Waals surface area (Å²) in [4.78, 5) is 50.4. The van der Waals surface area contributed by atoms with Gasteiger partial charge in [0.05, 0.1) is 0 Å². The standard InChI is InChI=1S/C22H23N3O4/c1-3-13-22(17-7-5-4-6-8-17)20(28)25(21(29)24-22)14-19(27)23-18-11-9-16(10-12-18)15(2)26/h4-12H,3,13-14H2,1-2H3,(H,23,27)(H,24,29)/t22-/m1/s1. The minimum Gasteiger partial charge on any atom is -0.325 e. The highest BCUT2D eigenvalue weighted by Gasteiger charge is 2.52. The number of imide groups is 1. The molecule has 150 valence electrons. The number of nitrogens with zero attached hydrogens (tertiary/aromatic N) is 1. The number of rotatable bonds is 7. The van der Waals surface area contributed by atoms with E-state index in [1.54, 1.807) is 36.4 Å². The molecule has 1 fully saturated rings. The number of benzene rings is 2. The third-order valence-corrected chi connectivity index (χ3v) is 4.94. The molecule has 0 saturated carbocycles. The van der Waals surface area contributed by atoms with E-state index in [9.17, 15) is 19.2 Å². The molecule has 2 N–H and O–H groups in total. The Bertz CT molecular complexity index is 940. The van der Waals surface area contributed by atoms with Gasteiger partial charge in [-0.25, -0.2) is 4.79 Å². The number of nitrogens with one attached hydrogen (secondary N) is 2. The Labute approximate surface area is 169 Å². The topological polar surface area (TPSA) is 95.6 Å². The Balaban J connectivity index is 1.75. The second-order valence-electron chi connectivity index (χ2n) is 7.02. The average molecular weight is 393 g/mol.